The summed E-state index contributed by atoms with van der Waals surface area (Å²) in [5, 5.41) is 0. The molecule has 1 aromatic rings. The smallest absolute Gasteiger partial charge is 0.261 e. The van der Waals surface area contributed by atoms with E-state index in [9.17, 15) is 13.2 Å². The normalized spacial score (nSPS) is 24.9. The van der Waals surface area contributed by atoms with Gasteiger partial charge in [-0.1, -0.05) is 32.0 Å². The number of rotatable bonds is 3. The summed E-state index contributed by atoms with van der Waals surface area (Å²) in [5.41, 5.74) is 0.797. The number of anilines is 1. The van der Waals surface area contributed by atoms with Crippen LogP contribution in [0.3, 0.4) is 0 Å². The number of hydrogen-bond acceptors (Lipinski definition) is 4. The third-order valence-electron chi connectivity index (χ3n) is 4.97. The Bertz CT molecular complexity index is 714. The van der Waals surface area contributed by atoms with Crippen LogP contribution in [0.15, 0.2) is 24.3 Å². The summed E-state index contributed by atoms with van der Waals surface area (Å²) in [6.07, 6.45) is 1.81. The standard InChI is InChI=1S/C17H23NO4S/c1-12(2)14-9-8-13-6-4-5-7-15(13)18(14)16(19)17(22-3)10-23(20,21)11-17/h4-7,12,14H,8-11H2,1-3H3. The van der Waals surface area contributed by atoms with Gasteiger partial charge < -0.3 is 9.64 Å². The molecule has 23 heavy (non-hydrogen) atoms. The van der Waals surface area contributed by atoms with Crippen LogP contribution in [0.5, 0.6) is 0 Å². The Hall–Kier alpha value is -1.40. The number of hydrogen-bond donors (Lipinski definition) is 0. The summed E-state index contributed by atoms with van der Waals surface area (Å²) in [5.74, 6) is -0.379. The Morgan fingerprint density at radius 2 is 1.96 bits per heavy atom. The average molecular weight is 337 g/mol. The molecule has 0 aliphatic carbocycles. The number of nitrogens with zero attached hydrogens (tertiary/aromatic N) is 1. The molecule has 0 aromatic heterocycles. The number of benzene rings is 1. The molecule has 0 radical (unpaired) electrons. The molecule has 3 rings (SSSR count). The SMILES string of the molecule is COC1(C(=O)N2c3ccccc3CCC2C(C)C)CS(=O)(=O)C1. The van der Waals surface area contributed by atoms with Gasteiger partial charge in [0.05, 0.1) is 11.5 Å². The van der Waals surface area contributed by atoms with Crippen molar-refractivity contribution in [2.24, 2.45) is 5.92 Å². The van der Waals surface area contributed by atoms with Crippen LogP contribution < -0.4 is 4.90 Å². The third kappa shape index (κ3) is 2.68. The monoisotopic (exact) mass is 337 g/mol. The number of para-hydroxylation sites is 1. The predicted octanol–water partition coefficient (Wildman–Crippen LogP) is 1.80. The number of fused-ring (bicyclic) bond motifs is 1. The van der Waals surface area contributed by atoms with Gasteiger partial charge in [-0.05, 0) is 30.4 Å². The molecule has 1 aromatic carbocycles. The van der Waals surface area contributed by atoms with Gasteiger partial charge in [0, 0.05) is 18.8 Å². The minimum atomic E-state index is -3.17. The summed E-state index contributed by atoms with van der Waals surface area (Å²) < 4.78 is 28.7. The molecule has 2 aliphatic rings. The van der Waals surface area contributed by atoms with Crippen LogP contribution in [0, 0.1) is 5.92 Å². The van der Waals surface area contributed by atoms with Crippen molar-refractivity contribution < 1.29 is 17.9 Å². The topological polar surface area (TPSA) is 63.7 Å². The molecule has 5 nitrogen and oxygen atoms in total. The van der Waals surface area contributed by atoms with Crippen molar-refractivity contribution in [2.75, 3.05) is 23.5 Å². The second-order valence-corrected chi connectivity index (χ2v) is 8.95. The van der Waals surface area contributed by atoms with Gasteiger partial charge in [0.15, 0.2) is 15.4 Å². The van der Waals surface area contributed by atoms with E-state index in [2.05, 4.69) is 13.8 Å². The second-order valence-electron chi connectivity index (χ2n) is 6.88. The summed E-state index contributed by atoms with van der Waals surface area (Å²) in [6.45, 7) is 4.19. The summed E-state index contributed by atoms with van der Waals surface area (Å²) in [7, 11) is -1.75. The first-order chi connectivity index (χ1) is 10.8. The lowest BCUT2D eigenvalue weighted by Crippen LogP contribution is -2.67. The highest BCUT2D eigenvalue weighted by atomic mass is 32.2. The zero-order valence-electron chi connectivity index (χ0n) is 13.8. The van der Waals surface area contributed by atoms with E-state index in [0.29, 0.717) is 0 Å². The van der Waals surface area contributed by atoms with Crippen LogP contribution in [-0.4, -0.2) is 44.6 Å². The predicted molar refractivity (Wildman–Crippen MR) is 89.3 cm³/mol. The fourth-order valence-corrected chi connectivity index (χ4v) is 5.50. The van der Waals surface area contributed by atoms with Crippen LogP contribution in [0.2, 0.25) is 0 Å². The zero-order chi connectivity index (χ0) is 16.8. The maximum atomic E-state index is 13.2. The van der Waals surface area contributed by atoms with Gasteiger partial charge in [0.25, 0.3) is 5.91 Å². The molecule has 1 fully saturated rings. The van der Waals surface area contributed by atoms with E-state index in [4.69, 9.17) is 4.74 Å². The fraction of sp³-hybridized carbons (Fsp3) is 0.588. The molecule has 1 unspecified atom stereocenters. The minimum absolute atomic E-state index is 0.0627. The fourth-order valence-electron chi connectivity index (χ4n) is 3.68. The Labute approximate surface area is 137 Å². The molecule has 126 valence electrons. The first-order valence-electron chi connectivity index (χ1n) is 7.97. The first kappa shape index (κ1) is 16.5. The highest BCUT2D eigenvalue weighted by molar-refractivity contribution is 7.93. The number of carbonyl (C=O) groups is 1. The number of ether oxygens (including phenoxy) is 1. The summed E-state index contributed by atoms with van der Waals surface area (Å²) in [4.78, 5) is 15.0. The van der Waals surface area contributed by atoms with Gasteiger partial charge in [0.2, 0.25) is 0 Å². The van der Waals surface area contributed by atoms with E-state index in [1.54, 1.807) is 4.90 Å². The summed E-state index contributed by atoms with van der Waals surface area (Å²) >= 11 is 0. The average Bonchev–Trinajstić information content (AvgIpc) is 2.50. The van der Waals surface area contributed by atoms with Gasteiger partial charge in [0.1, 0.15) is 0 Å². The quantitative estimate of drug-likeness (QED) is 0.844. The van der Waals surface area contributed by atoms with E-state index in [0.717, 1.165) is 24.1 Å². The minimum Gasteiger partial charge on any atom is -0.366 e. The van der Waals surface area contributed by atoms with E-state index < -0.39 is 15.4 Å². The molecular weight excluding hydrogens is 314 g/mol. The Morgan fingerprint density at radius 1 is 1.30 bits per heavy atom. The van der Waals surface area contributed by atoms with Crippen molar-refractivity contribution in [3.8, 4) is 0 Å². The maximum absolute atomic E-state index is 13.2. The van der Waals surface area contributed by atoms with Crippen LogP contribution in [0.4, 0.5) is 5.69 Å². The largest absolute Gasteiger partial charge is 0.366 e. The van der Waals surface area contributed by atoms with Gasteiger partial charge in [-0.25, -0.2) is 8.42 Å². The molecule has 0 spiro atoms. The number of methoxy groups -OCH3 is 1. The highest BCUT2D eigenvalue weighted by Crippen LogP contribution is 2.38. The van der Waals surface area contributed by atoms with Gasteiger partial charge in [-0.15, -0.1) is 0 Å². The van der Waals surface area contributed by atoms with Crippen LogP contribution in [0.1, 0.15) is 25.8 Å². The molecule has 0 N–H and O–H groups in total. The molecular formula is C17H23NO4S. The van der Waals surface area contributed by atoms with E-state index >= 15 is 0 Å². The molecule has 2 aliphatic heterocycles. The Balaban J connectivity index is 2.02. The van der Waals surface area contributed by atoms with Crippen molar-refractivity contribution in [3.05, 3.63) is 29.8 Å². The van der Waals surface area contributed by atoms with Crippen molar-refractivity contribution in [1.29, 1.82) is 0 Å². The van der Waals surface area contributed by atoms with Gasteiger partial charge in [-0.3, -0.25) is 4.79 Å². The maximum Gasteiger partial charge on any atom is 0.261 e. The van der Waals surface area contributed by atoms with Crippen LogP contribution in [0.25, 0.3) is 0 Å². The molecule has 1 saturated heterocycles. The number of amides is 1. The highest BCUT2D eigenvalue weighted by Gasteiger charge is 2.57. The third-order valence-corrected chi connectivity index (χ3v) is 6.78. The van der Waals surface area contributed by atoms with Crippen molar-refractivity contribution in [2.45, 2.75) is 38.3 Å². The van der Waals surface area contributed by atoms with E-state index in [1.807, 2.05) is 24.3 Å². The van der Waals surface area contributed by atoms with Gasteiger partial charge >= 0.3 is 0 Å². The molecule has 2 heterocycles. The lowest BCUT2D eigenvalue weighted by molar-refractivity contribution is -0.138. The number of carbonyl (C=O) groups excluding carboxylic acids is 1. The van der Waals surface area contributed by atoms with Crippen molar-refractivity contribution in [3.63, 3.8) is 0 Å². The van der Waals surface area contributed by atoms with Crippen LogP contribution in [-0.2, 0) is 25.8 Å². The number of aryl methyl sites for hydroxylation is 1. The Morgan fingerprint density at radius 3 is 2.52 bits per heavy atom. The molecule has 1 atom stereocenters. The number of sulfone groups is 1. The van der Waals surface area contributed by atoms with Crippen molar-refractivity contribution >= 4 is 21.4 Å². The summed E-state index contributed by atoms with van der Waals surface area (Å²) in [6, 6.07) is 7.92. The molecule has 1 amide bonds. The van der Waals surface area contributed by atoms with E-state index in [1.165, 1.54) is 7.11 Å². The Kier molecular flexibility index (Phi) is 4.01. The lowest BCUT2D eigenvalue weighted by atomic mass is 9.87. The lowest BCUT2D eigenvalue weighted by Gasteiger charge is -2.46. The zero-order valence-corrected chi connectivity index (χ0v) is 14.6. The second kappa shape index (κ2) is 5.60. The van der Waals surface area contributed by atoms with Crippen molar-refractivity contribution in [1.82, 2.24) is 0 Å². The molecule has 6 heteroatoms. The first-order valence-corrected chi connectivity index (χ1v) is 9.79. The molecule has 0 saturated carbocycles. The van der Waals surface area contributed by atoms with Gasteiger partial charge in [-0.2, -0.15) is 0 Å². The van der Waals surface area contributed by atoms with E-state index in [-0.39, 0.29) is 29.4 Å². The van der Waals surface area contributed by atoms with Crippen LogP contribution >= 0.6 is 0 Å². The molecule has 0 bridgehead atoms.